The Kier molecular flexibility index (Phi) is 3.05. The van der Waals surface area contributed by atoms with Gasteiger partial charge < -0.3 is 15.5 Å². The molecule has 0 bridgehead atoms. The van der Waals surface area contributed by atoms with Gasteiger partial charge in [0.1, 0.15) is 0 Å². The topological polar surface area (TPSA) is 49.6 Å². The Balaban J connectivity index is 2.30. The molecule has 1 aliphatic heterocycles. The van der Waals surface area contributed by atoms with Crippen LogP contribution in [0, 0.1) is 0 Å². The van der Waals surface area contributed by atoms with Gasteiger partial charge in [-0.25, -0.2) is 0 Å². The molecule has 12 heavy (non-hydrogen) atoms. The summed E-state index contributed by atoms with van der Waals surface area (Å²) in [6.45, 7) is 2.55. The van der Waals surface area contributed by atoms with Gasteiger partial charge in [-0.1, -0.05) is 0 Å². The van der Waals surface area contributed by atoms with Crippen molar-refractivity contribution in [2.45, 2.75) is 12.5 Å². The van der Waals surface area contributed by atoms with Crippen LogP contribution in [0.5, 0.6) is 0 Å². The third-order valence-electron chi connectivity index (χ3n) is 2.16. The fourth-order valence-corrected chi connectivity index (χ4v) is 1.31. The number of amides is 1. The molecule has 0 spiro atoms. The molecule has 1 saturated heterocycles. The van der Waals surface area contributed by atoms with E-state index in [4.69, 9.17) is 5.73 Å². The first-order valence-electron chi connectivity index (χ1n) is 4.30. The smallest absolute Gasteiger partial charge is 0.239 e. The van der Waals surface area contributed by atoms with Crippen molar-refractivity contribution in [1.29, 1.82) is 0 Å². The van der Waals surface area contributed by atoms with E-state index in [0.717, 1.165) is 26.1 Å². The first-order valence-corrected chi connectivity index (χ1v) is 4.30. The van der Waals surface area contributed by atoms with Crippen molar-refractivity contribution < 1.29 is 4.79 Å². The van der Waals surface area contributed by atoms with Gasteiger partial charge in [-0.05, 0) is 20.5 Å². The van der Waals surface area contributed by atoms with Gasteiger partial charge in [0.2, 0.25) is 5.91 Å². The Morgan fingerprint density at radius 3 is 2.75 bits per heavy atom. The quantitative estimate of drug-likeness (QED) is 0.599. The lowest BCUT2D eigenvalue weighted by Crippen LogP contribution is -2.37. The summed E-state index contributed by atoms with van der Waals surface area (Å²) in [5.41, 5.74) is 5.57. The van der Waals surface area contributed by atoms with Gasteiger partial charge in [0.25, 0.3) is 0 Å². The molecule has 1 aliphatic rings. The van der Waals surface area contributed by atoms with Crippen molar-refractivity contribution in [2.75, 3.05) is 33.7 Å². The molecule has 0 radical (unpaired) electrons. The highest BCUT2D eigenvalue weighted by Crippen LogP contribution is 2.07. The van der Waals surface area contributed by atoms with E-state index >= 15 is 0 Å². The summed E-state index contributed by atoms with van der Waals surface area (Å²) in [6, 6.07) is -0.243. The second-order valence-electron chi connectivity index (χ2n) is 3.52. The molecule has 0 aliphatic carbocycles. The van der Waals surface area contributed by atoms with Crippen LogP contribution in [-0.2, 0) is 4.79 Å². The fourth-order valence-electron chi connectivity index (χ4n) is 1.31. The third-order valence-corrected chi connectivity index (χ3v) is 2.16. The highest BCUT2D eigenvalue weighted by Gasteiger charge is 2.27. The number of hydrogen-bond acceptors (Lipinski definition) is 3. The zero-order valence-corrected chi connectivity index (χ0v) is 7.79. The van der Waals surface area contributed by atoms with E-state index < -0.39 is 0 Å². The van der Waals surface area contributed by atoms with E-state index in [9.17, 15) is 4.79 Å². The van der Waals surface area contributed by atoms with Crippen molar-refractivity contribution in [2.24, 2.45) is 5.73 Å². The Labute approximate surface area is 73.3 Å². The first-order chi connectivity index (χ1) is 5.61. The fraction of sp³-hybridized carbons (Fsp3) is 0.875. The number of rotatable bonds is 3. The molecule has 4 heteroatoms. The van der Waals surface area contributed by atoms with Gasteiger partial charge in [-0.15, -0.1) is 0 Å². The molecule has 1 fully saturated rings. The normalized spacial score (nSPS) is 24.2. The second-order valence-corrected chi connectivity index (χ2v) is 3.52. The zero-order chi connectivity index (χ0) is 9.14. The SMILES string of the molecule is CN(C)CCN1CCC(N)C1=O. The number of carbonyl (C=O) groups excluding carboxylic acids is 1. The summed E-state index contributed by atoms with van der Waals surface area (Å²) in [4.78, 5) is 15.2. The molecule has 4 nitrogen and oxygen atoms in total. The minimum absolute atomic E-state index is 0.108. The van der Waals surface area contributed by atoms with Gasteiger partial charge >= 0.3 is 0 Å². The molecule has 0 aromatic heterocycles. The highest BCUT2D eigenvalue weighted by atomic mass is 16.2. The molecule has 1 unspecified atom stereocenters. The highest BCUT2D eigenvalue weighted by molar-refractivity contribution is 5.83. The Morgan fingerprint density at radius 2 is 2.33 bits per heavy atom. The van der Waals surface area contributed by atoms with Gasteiger partial charge in [0.05, 0.1) is 6.04 Å². The molecule has 0 saturated carbocycles. The van der Waals surface area contributed by atoms with Crippen molar-refractivity contribution in [3.8, 4) is 0 Å². The van der Waals surface area contributed by atoms with Crippen molar-refractivity contribution in [3.63, 3.8) is 0 Å². The summed E-state index contributed by atoms with van der Waals surface area (Å²) in [6.07, 6.45) is 0.812. The van der Waals surface area contributed by atoms with Crippen molar-refractivity contribution >= 4 is 5.91 Å². The monoisotopic (exact) mass is 171 g/mol. The van der Waals surface area contributed by atoms with Crippen LogP contribution in [0.4, 0.5) is 0 Å². The van der Waals surface area contributed by atoms with Crippen LogP contribution in [0.1, 0.15) is 6.42 Å². The van der Waals surface area contributed by atoms with Crippen LogP contribution < -0.4 is 5.73 Å². The van der Waals surface area contributed by atoms with Crippen LogP contribution >= 0.6 is 0 Å². The maximum absolute atomic E-state index is 11.3. The molecule has 1 atom stereocenters. The minimum atomic E-state index is -0.243. The molecular weight excluding hydrogens is 154 g/mol. The molecule has 1 amide bonds. The van der Waals surface area contributed by atoms with Crippen molar-refractivity contribution in [3.05, 3.63) is 0 Å². The van der Waals surface area contributed by atoms with Crippen LogP contribution in [0.3, 0.4) is 0 Å². The van der Waals surface area contributed by atoms with E-state index in [0.29, 0.717) is 0 Å². The summed E-state index contributed by atoms with van der Waals surface area (Å²) < 4.78 is 0. The van der Waals surface area contributed by atoms with E-state index in [2.05, 4.69) is 4.90 Å². The molecule has 0 aromatic carbocycles. The predicted molar refractivity (Wildman–Crippen MR) is 47.7 cm³/mol. The molecule has 1 rings (SSSR count). The summed E-state index contributed by atoms with van der Waals surface area (Å²) in [5, 5.41) is 0. The van der Waals surface area contributed by atoms with E-state index in [1.165, 1.54) is 0 Å². The zero-order valence-electron chi connectivity index (χ0n) is 7.79. The third kappa shape index (κ3) is 2.19. The lowest BCUT2D eigenvalue weighted by atomic mass is 10.3. The number of hydrogen-bond donors (Lipinski definition) is 1. The maximum Gasteiger partial charge on any atom is 0.239 e. The average Bonchev–Trinajstić information content (AvgIpc) is 2.30. The van der Waals surface area contributed by atoms with E-state index in [1.807, 2.05) is 19.0 Å². The Morgan fingerprint density at radius 1 is 1.67 bits per heavy atom. The molecule has 1 heterocycles. The van der Waals surface area contributed by atoms with Gasteiger partial charge in [0, 0.05) is 19.6 Å². The van der Waals surface area contributed by atoms with Crippen LogP contribution in [-0.4, -0.2) is 55.5 Å². The predicted octanol–water partition coefficient (Wildman–Crippen LogP) is -0.892. The van der Waals surface area contributed by atoms with Gasteiger partial charge in [-0.2, -0.15) is 0 Å². The largest absolute Gasteiger partial charge is 0.340 e. The standard InChI is InChI=1S/C8H17N3O/c1-10(2)5-6-11-4-3-7(9)8(11)12/h7H,3-6,9H2,1-2H3. The average molecular weight is 171 g/mol. The minimum Gasteiger partial charge on any atom is -0.340 e. The van der Waals surface area contributed by atoms with E-state index in [1.54, 1.807) is 0 Å². The van der Waals surface area contributed by atoms with Crippen molar-refractivity contribution in [1.82, 2.24) is 9.80 Å². The molecule has 0 aromatic rings. The molecular formula is C8H17N3O. The lowest BCUT2D eigenvalue weighted by molar-refractivity contribution is -0.128. The van der Waals surface area contributed by atoms with Gasteiger partial charge in [-0.3, -0.25) is 4.79 Å². The number of likely N-dealkylation sites (tertiary alicyclic amines) is 1. The summed E-state index contributed by atoms with van der Waals surface area (Å²) >= 11 is 0. The molecule has 2 N–H and O–H groups in total. The maximum atomic E-state index is 11.3. The molecule has 70 valence electrons. The first kappa shape index (κ1) is 9.48. The number of carbonyl (C=O) groups is 1. The van der Waals surface area contributed by atoms with Gasteiger partial charge in [0.15, 0.2) is 0 Å². The summed E-state index contributed by atoms with van der Waals surface area (Å²) in [5.74, 6) is 0.108. The second kappa shape index (κ2) is 3.87. The van der Waals surface area contributed by atoms with Crippen LogP contribution in [0.2, 0.25) is 0 Å². The van der Waals surface area contributed by atoms with Crippen LogP contribution in [0.25, 0.3) is 0 Å². The van der Waals surface area contributed by atoms with Crippen LogP contribution in [0.15, 0.2) is 0 Å². The number of nitrogens with two attached hydrogens (primary N) is 1. The Hall–Kier alpha value is -0.610. The summed E-state index contributed by atoms with van der Waals surface area (Å²) in [7, 11) is 4.00. The van der Waals surface area contributed by atoms with E-state index in [-0.39, 0.29) is 11.9 Å². The lowest BCUT2D eigenvalue weighted by Gasteiger charge is -2.18. The number of nitrogens with zero attached hydrogens (tertiary/aromatic N) is 2. The Bertz CT molecular complexity index is 170. The number of likely N-dealkylation sites (N-methyl/N-ethyl adjacent to an activating group) is 1.